The number of aryl methyl sites for hydroxylation is 1. The number of aliphatic hydroxyl groups is 1. The highest BCUT2D eigenvalue weighted by atomic mass is 16.3. The van der Waals surface area contributed by atoms with E-state index in [1.807, 2.05) is 0 Å². The standard InChI is InChI=1S/C14H19NO3/c1-10-4-5-11(8-12(10)16)15-13(17)9-14(18)6-2-3-7-14/h4-5,8,16,18H,2-3,6-7,9H2,1H3,(H,15,17). The van der Waals surface area contributed by atoms with Crippen molar-refractivity contribution in [3.63, 3.8) is 0 Å². The zero-order chi connectivity index (χ0) is 13.2. The second-order valence-corrected chi connectivity index (χ2v) is 5.16. The van der Waals surface area contributed by atoms with E-state index in [1.165, 1.54) is 6.07 Å². The first-order chi connectivity index (χ1) is 8.48. The predicted octanol–water partition coefficient (Wildman–Crippen LogP) is 2.33. The van der Waals surface area contributed by atoms with Gasteiger partial charge in [0.25, 0.3) is 0 Å². The van der Waals surface area contributed by atoms with E-state index in [2.05, 4.69) is 5.32 Å². The second-order valence-electron chi connectivity index (χ2n) is 5.16. The lowest BCUT2D eigenvalue weighted by Gasteiger charge is -2.21. The minimum Gasteiger partial charge on any atom is -0.508 e. The van der Waals surface area contributed by atoms with E-state index in [9.17, 15) is 15.0 Å². The fourth-order valence-corrected chi connectivity index (χ4v) is 2.40. The molecular weight excluding hydrogens is 230 g/mol. The van der Waals surface area contributed by atoms with E-state index in [0.717, 1.165) is 18.4 Å². The van der Waals surface area contributed by atoms with Crippen LogP contribution in [-0.2, 0) is 4.79 Å². The SMILES string of the molecule is Cc1ccc(NC(=O)CC2(O)CCCC2)cc1O. The van der Waals surface area contributed by atoms with Gasteiger partial charge >= 0.3 is 0 Å². The van der Waals surface area contributed by atoms with Gasteiger partial charge in [-0.25, -0.2) is 0 Å². The summed E-state index contributed by atoms with van der Waals surface area (Å²) in [5.74, 6) is -0.0463. The van der Waals surface area contributed by atoms with Crippen LogP contribution in [0.25, 0.3) is 0 Å². The molecule has 1 amide bonds. The van der Waals surface area contributed by atoms with Crippen molar-refractivity contribution >= 4 is 11.6 Å². The number of hydrogen-bond acceptors (Lipinski definition) is 3. The summed E-state index contributed by atoms with van der Waals surface area (Å²) in [5, 5.41) is 22.4. The van der Waals surface area contributed by atoms with Crippen molar-refractivity contribution in [3.05, 3.63) is 23.8 Å². The van der Waals surface area contributed by atoms with Crippen molar-refractivity contribution in [2.75, 3.05) is 5.32 Å². The predicted molar refractivity (Wildman–Crippen MR) is 69.5 cm³/mol. The van der Waals surface area contributed by atoms with Gasteiger partial charge in [-0.3, -0.25) is 4.79 Å². The van der Waals surface area contributed by atoms with Crippen LogP contribution in [0.1, 0.15) is 37.7 Å². The zero-order valence-electron chi connectivity index (χ0n) is 10.6. The minimum atomic E-state index is -0.836. The van der Waals surface area contributed by atoms with Crippen molar-refractivity contribution in [2.45, 2.75) is 44.6 Å². The van der Waals surface area contributed by atoms with E-state index >= 15 is 0 Å². The Labute approximate surface area is 107 Å². The summed E-state index contributed by atoms with van der Waals surface area (Å²) in [7, 11) is 0. The Hall–Kier alpha value is -1.55. The molecule has 1 fully saturated rings. The lowest BCUT2D eigenvalue weighted by Crippen LogP contribution is -2.30. The number of hydrogen-bond donors (Lipinski definition) is 3. The van der Waals surface area contributed by atoms with Crippen molar-refractivity contribution in [1.29, 1.82) is 0 Å². The van der Waals surface area contributed by atoms with Gasteiger partial charge in [-0.15, -0.1) is 0 Å². The summed E-state index contributed by atoms with van der Waals surface area (Å²) in [6, 6.07) is 5.01. The summed E-state index contributed by atoms with van der Waals surface area (Å²) in [4.78, 5) is 11.8. The topological polar surface area (TPSA) is 69.6 Å². The highest BCUT2D eigenvalue weighted by Crippen LogP contribution is 2.32. The van der Waals surface area contributed by atoms with Gasteiger partial charge in [0.15, 0.2) is 0 Å². The van der Waals surface area contributed by atoms with E-state index in [0.29, 0.717) is 18.5 Å². The Bertz CT molecular complexity index is 450. The Morgan fingerprint density at radius 2 is 2.06 bits per heavy atom. The highest BCUT2D eigenvalue weighted by molar-refractivity contribution is 5.91. The van der Waals surface area contributed by atoms with Crippen LogP contribution in [0.4, 0.5) is 5.69 Å². The molecule has 0 aromatic heterocycles. The Morgan fingerprint density at radius 1 is 1.39 bits per heavy atom. The number of phenolic OH excluding ortho intramolecular Hbond substituents is 1. The molecule has 0 aliphatic heterocycles. The fourth-order valence-electron chi connectivity index (χ4n) is 2.40. The van der Waals surface area contributed by atoms with Crippen LogP contribution in [0.15, 0.2) is 18.2 Å². The molecule has 4 heteroatoms. The second kappa shape index (κ2) is 4.98. The largest absolute Gasteiger partial charge is 0.508 e. The molecule has 1 aliphatic rings. The minimum absolute atomic E-state index is 0.127. The first-order valence-corrected chi connectivity index (χ1v) is 6.30. The number of amides is 1. The van der Waals surface area contributed by atoms with Gasteiger partial charge in [-0.05, 0) is 31.4 Å². The van der Waals surface area contributed by atoms with Crippen LogP contribution >= 0.6 is 0 Å². The van der Waals surface area contributed by atoms with Gasteiger partial charge in [-0.2, -0.15) is 0 Å². The molecule has 0 bridgehead atoms. The summed E-state index contributed by atoms with van der Waals surface area (Å²) < 4.78 is 0. The molecule has 3 N–H and O–H groups in total. The number of carbonyl (C=O) groups excluding carboxylic acids is 1. The molecule has 2 rings (SSSR count). The summed E-state index contributed by atoms with van der Waals surface area (Å²) in [5.41, 5.74) is 0.490. The third kappa shape index (κ3) is 3.01. The van der Waals surface area contributed by atoms with Gasteiger partial charge < -0.3 is 15.5 Å². The molecular formula is C14H19NO3. The molecule has 4 nitrogen and oxygen atoms in total. The lowest BCUT2D eigenvalue weighted by molar-refractivity contribution is -0.120. The molecule has 18 heavy (non-hydrogen) atoms. The number of rotatable bonds is 3. The van der Waals surface area contributed by atoms with Crippen LogP contribution in [0.5, 0.6) is 5.75 Å². The van der Waals surface area contributed by atoms with E-state index in [1.54, 1.807) is 19.1 Å². The van der Waals surface area contributed by atoms with Crippen LogP contribution in [0.2, 0.25) is 0 Å². The maximum Gasteiger partial charge on any atom is 0.227 e. The first-order valence-electron chi connectivity index (χ1n) is 6.30. The third-order valence-corrected chi connectivity index (χ3v) is 3.52. The van der Waals surface area contributed by atoms with Crippen LogP contribution < -0.4 is 5.32 Å². The molecule has 0 saturated heterocycles. The molecule has 0 heterocycles. The molecule has 1 aromatic carbocycles. The number of carbonyl (C=O) groups is 1. The van der Waals surface area contributed by atoms with Crippen molar-refractivity contribution in [3.8, 4) is 5.75 Å². The van der Waals surface area contributed by atoms with Crippen molar-refractivity contribution in [1.82, 2.24) is 0 Å². The number of phenols is 1. The maximum absolute atomic E-state index is 11.8. The molecule has 0 radical (unpaired) electrons. The van der Waals surface area contributed by atoms with E-state index in [4.69, 9.17) is 0 Å². The molecule has 1 aliphatic carbocycles. The summed E-state index contributed by atoms with van der Waals surface area (Å²) in [6.45, 7) is 1.79. The van der Waals surface area contributed by atoms with Gasteiger partial charge in [0.05, 0.1) is 12.0 Å². The summed E-state index contributed by atoms with van der Waals surface area (Å²) >= 11 is 0. The van der Waals surface area contributed by atoms with Crippen LogP contribution in [-0.4, -0.2) is 21.7 Å². The first kappa shape index (κ1) is 12.9. The average Bonchev–Trinajstić information content (AvgIpc) is 2.70. The maximum atomic E-state index is 11.8. The molecule has 0 atom stereocenters. The monoisotopic (exact) mass is 249 g/mol. The quantitative estimate of drug-likeness (QED) is 0.770. The molecule has 98 valence electrons. The highest BCUT2D eigenvalue weighted by Gasteiger charge is 2.33. The zero-order valence-corrected chi connectivity index (χ0v) is 10.6. The normalized spacial score (nSPS) is 17.7. The van der Waals surface area contributed by atoms with Gasteiger partial charge in [0, 0.05) is 11.8 Å². The number of nitrogens with one attached hydrogen (secondary N) is 1. The Morgan fingerprint density at radius 3 is 2.67 bits per heavy atom. The van der Waals surface area contributed by atoms with E-state index in [-0.39, 0.29) is 18.1 Å². The van der Waals surface area contributed by atoms with Gasteiger partial charge in [-0.1, -0.05) is 18.9 Å². The Balaban J connectivity index is 1.96. The fraction of sp³-hybridized carbons (Fsp3) is 0.500. The molecule has 1 aromatic rings. The van der Waals surface area contributed by atoms with Crippen molar-refractivity contribution in [2.24, 2.45) is 0 Å². The Kier molecular flexibility index (Phi) is 3.57. The number of anilines is 1. The summed E-state index contributed by atoms with van der Waals surface area (Å²) in [6.07, 6.45) is 3.48. The number of benzene rings is 1. The number of aromatic hydroxyl groups is 1. The lowest BCUT2D eigenvalue weighted by atomic mass is 9.97. The van der Waals surface area contributed by atoms with E-state index < -0.39 is 5.60 Å². The van der Waals surface area contributed by atoms with Gasteiger partial charge in [0.1, 0.15) is 5.75 Å². The van der Waals surface area contributed by atoms with Gasteiger partial charge in [0.2, 0.25) is 5.91 Å². The molecule has 0 unspecified atom stereocenters. The molecule has 0 spiro atoms. The van der Waals surface area contributed by atoms with Crippen molar-refractivity contribution < 1.29 is 15.0 Å². The average molecular weight is 249 g/mol. The van der Waals surface area contributed by atoms with Crippen LogP contribution in [0.3, 0.4) is 0 Å². The molecule has 1 saturated carbocycles. The van der Waals surface area contributed by atoms with Crippen LogP contribution in [0, 0.1) is 6.92 Å². The third-order valence-electron chi connectivity index (χ3n) is 3.52. The smallest absolute Gasteiger partial charge is 0.227 e.